The number of alkyl halides is 1. The van der Waals surface area contributed by atoms with E-state index in [9.17, 15) is 9.59 Å². The maximum absolute atomic E-state index is 10.4. The summed E-state index contributed by atoms with van der Waals surface area (Å²) in [7, 11) is 0. The molecular weight excluding hydrogens is 172 g/mol. The first kappa shape index (κ1) is 10.2. The molecule has 0 unspecified atom stereocenters. The number of ether oxygens (including phenoxy) is 1. The third-order valence-corrected chi connectivity index (χ3v) is 1.13. The number of rotatable bonds is 5. The van der Waals surface area contributed by atoms with E-state index >= 15 is 0 Å². The highest BCUT2D eigenvalue weighted by Gasteiger charge is 2.00. The number of hydrogen-bond donors (Lipinski definition) is 1. The molecule has 4 nitrogen and oxygen atoms in total. The summed E-state index contributed by atoms with van der Waals surface area (Å²) < 4.78 is 4.51. The Balaban J connectivity index is 3.14. The number of carbonyl (C=O) groups excluding carboxylic acids is 1. The molecule has 0 atom stereocenters. The number of carboxylic acid groups (broad SMARTS) is 1. The van der Waals surface area contributed by atoms with Gasteiger partial charge in [-0.05, 0) is 6.42 Å². The smallest absolute Gasteiger partial charge is 0.320 e. The first-order chi connectivity index (χ1) is 5.16. The van der Waals surface area contributed by atoms with Crippen LogP contribution in [0.5, 0.6) is 0 Å². The van der Waals surface area contributed by atoms with E-state index in [2.05, 4.69) is 4.74 Å². The summed E-state index contributed by atoms with van der Waals surface area (Å²) in [5, 5.41) is 8.17. The third kappa shape index (κ3) is 7.12. The topological polar surface area (TPSA) is 63.6 Å². The third-order valence-electron chi connectivity index (χ3n) is 0.907. The summed E-state index contributed by atoms with van der Waals surface area (Å²) in [6, 6.07) is 0. The lowest BCUT2D eigenvalue weighted by Gasteiger charge is -1.99. The molecule has 0 spiro atoms. The van der Waals surface area contributed by atoms with E-state index in [4.69, 9.17) is 16.7 Å². The molecule has 0 rings (SSSR count). The lowest BCUT2D eigenvalue weighted by molar-refractivity contribution is -0.143. The Morgan fingerprint density at radius 3 is 2.55 bits per heavy atom. The minimum absolute atomic E-state index is 0.00949. The molecular formula is C6H9ClO4. The van der Waals surface area contributed by atoms with Gasteiger partial charge in [0.1, 0.15) is 5.88 Å². The van der Waals surface area contributed by atoms with E-state index < -0.39 is 11.9 Å². The Bertz CT molecular complexity index is 146. The first-order valence-electron chi connectivity index (χ1n) is 3.10. The van der Waals surface area contributed by atoms with Crippen LogP contribution >= 0.6 is 11.6 Å². The second-order valence-electron chi connectivity index (χ2n) is 1.85. The zero-order valence-corrected chi connectivity index (χ0v) is 6.63. The van der Waals surface area contributed by atoms with Crippen molar-refractivity contribution in [3.05, 3.63) is 0 Å². The van der Waals surface area contributed by atoms with Crippen molar-refractivity contribution in [2.24, 2.45) is 0 Å². The van der Waals surface area contributed by atoms with Gasteiger partial charge in [-0.25, -0.2) is 0 Å². The van der Waals surface area contributed by atoms with Crippen LogP contribution < -0.4 is 0 Å². The van der Waals surface area contributed by atoms with Gasteiger partial charge in [0.15, 0.2) is 0 Å². The number of hydrogen-bond acceptors (Lipinski definition) is 3. The molecule has 0 aliphatic heterocycles. The standard InChI is InChI=1S/C6H9ClO4/c7-4-6(10)11-3-1-2-5(8)9/h1-4H2,(H,8,9). The summed E-state index contributed by atoms with van der Waals surface area (Å²) in [5.41, 5.74) is 0. The molecule has 0 fully saturated rings. The molecule has 0 saturated carbocycles. The number of esters is 1. The van der Waals surface area contributed by atoms with Gasteiger partial charge in [0.05, 0.1) is 6.61 Å². The van der Waals surface area contributed by atoms with Crippen molar-refractivity contribution in [3.63, 3.8) is 0 Å². The van der Waals surface area contributed by atoms with E-state index in [-0.39, 0.29) is 18.9 Å². The molecule has 0 heterocycles. The van der Waals surface area contributed by atoms with Crippen molar-refractivity contribution in [2.75, 3.05) is 12.5 Å². The zero-order valence-electron chi connectivity index (χ0n) is 5.88. The predicted molar refractivity (Wildman–Crippen MR) is 38.5 cm³/mol. The molecule has 0 bridgehead atoms. The summed E-state index contributed by atoms with van der Waals surface area (Å²) in [5.74, 6) is -1.60. The van der Waals surface area contributed by atoms with Crippen LogP contribution in [-0.4, -0.2) is 29.5 Å². The van der Waals surface area contributed by atoms with Crippen molar-refractivity contribution in [2.45, 2.75) is 12.8 Å². The van der Waals surface area contributed by atoms with Crippen LogP contribution in [0.25, 0.3) is 0 Å². The molecule has 5 heteroatoms. The van der Waals surface area contributed by atoms with Gasteiger partial charge < -0.3 is 9.84 Å². The molecule has 0 radical (unpaired) electrons. The second kappa shape index (κ2) is 5.97. The molecule has 0 aliphatic carbocycles. The lowest BCUT2D eigenvalue weighted by atomic mass is 10.3. The van der Waals surface area contributed by atoms with Crippen molar-refractivity contribution < 1.29 is 19.4 Å². The maximum Gasteiger partial charge on any atom is 0.320 e. The van der Waals surface area contributed by atoms with Crippen molar-refractivity contribution >= 4 is 23.5 Å². The lowest BCUT2D eigenvalue weighted by Crippen LogP contribution is -2.08. The normalized spacial score (nSPS) is 9.18. The Hall–Kier alpha value is -0.770. The molecule has 64 valence electrons. The fourth-order valence-corrected chi connectivity index (χ4v) is 0.525. The largest absolute Gasteiger partial charge is 0.481 e. The van der Waals surface area contributed by atoms with Crippen LogP contribution in [0.2, 0.25) is 0 Å². The van der Waals surface area contributed by atoms with E-state index in [1.807, 2.05) is 0 Å². The molecule has 0 aliphatic rings. The highest BCUT2D eigenvalue weighted by molar-refractivity contribution is 6.26. The van der Waals surface area contributed by atoms with Crippen LogP contribution in [0.1, 0.15) is 12.8 Å². The van der Waals surface area contributed by atoms with Gasteiger partial charge in [-0.15, -0.1) is 11.6 Å². The fraction of sp³-hybridized carbons (Fsp3) is 0.667. The van der Waals surface area contributed by atoms with Gasteiger partial charge in [-0.3, -0.25) is 9.59 Å². The van der Waals surface area contributed by atoms with Gasteiger partial charge in [0.2, 0.25) is 0 Å². The Morgan fingerprint density at radius 1 is 1.45 bits per heavy atom. The van der Waals surface area contributed by atoms with Crippen LogP contribution in [0.3, 0.4) is 0 Å². The molecule has 1 N–H and O–H groups in total. The average molecular weight is 181 g/mol. The number of carbonyl (C=O) groups is 2. The Kier molecular flexibility index (Phi) is 5.56. The number of carboxylic acids is 1. The second-order valence-corrected chi connectivity index (χ2v) is 2.12. The van der Waals surface area contributed by atoms with Gasteiger partial charge in [-0.2, -0.15) is 0 Å². The predicted octanol–water partition coefficient (Wildman–Crippen LogP) is 0.633. The molecule has 11 heavy (non-hydrogen) atoms. The summed E-state index contributed by atoms with van der Waals surface area (Å²) >= 11 is 5.10. The zero-order chi connectivity index (χ0) is 8.69. The maximum atomic E-state index is 10.4. The van der Waals surface area contributed by atoms with E-state index in [0.717, 1.165) is 0 Å². The fourth-order valence-electron chi connectivity index (χ4n) is 0.448. The summed E-state index contributed by atoms with van der Waals surface area (Å²) in [6.07, 6.45) is 0.341. The molecule has 0 amide bonds. The minimum atomic E-state index is -0.896. The van der Waals surface area contributed by atoms with Crippen LogP contribution in [0.4, 0.5) is 0 Å². The van der Waals surface area contributed by atoms with Gasteiger partial charge in [-0.1, -0.05) is 0 Å². The van der Waals surface area contributed by atoms with Crippen molar-refractivity contribution in [3.8, 4) is 0 Å². The summed E-state index contributed by atoms with van der Waals surface area (Å²) in [6.45, 7) is 0.123. The number of halogens is 1. The van der Waals surface area contributed by atoms with Crippen LogP contribution in [0.15, 0.2) is 0 Å². The Morgan fingerprint density at radius 2 is 2.09 bits per heavy atom. The van der Waals surface area contributed by atoms with Crippen LogP contribution in [0, 0.1) is 0 Å². The van der Waals surface area contributed by atoms with Gasteiger partial charge in [0, 0.05) is 6.42 Å². The minimum Gasteiger partial charge on any atom is -0.481 e. The van der Waals surface area contributed by atoms with Crippen molar-refractivity contribution in [1.82, 2.24) is 0 Å². The molecule has 0 aromatic carbocycles. The molecule has 0 aromatic rings. The van der Waals surface area contributed by atoms with Crippen molar-refractivity contribution in [1.29, 1.82) is 0 Å². The highest BCUT2D eigenvalue weighted by Crippen LogP contribution is 1.91. The highest BCUT2D eigenvalue weighted by atomic mass is 35.5. The first-order valence-corrected chi connectivity index (χ1v) is 3.63. The summed E-state index contributed by atoms with van der Waals surface area (Å²) in [4.78, 5) is 20.3. The van der Waals surface area contributed by atoms with E-state index in [1.165, 1.54) is 0 Å². The average Bonchev–Trinajstić information content (AvgIpc) is 1.97. The monoisotopic (exact) mass is 180 g/mol. The SMILES string of the molecule is O=C(O)CCCOC(=O)CCl. The Labute approximate surface area is 69.1 Å². The quantitative estimate of drug-likeness (QED) is 0.383. The van der Waals surface area contributed by atoms with E-state index in [0.29, 0.717) is 6.42 Å². The van der Waals surface area contributed by atoms with Gasteiger partial charge >= 0.3 is 11.9 Å². The molecule has 0 saturated heterocycles. The van der Waals surface area contributed by atoms with Crippen LogP contribution in [-0.2, 0) is 14.3 Å². The number of aliphatic carboxylic acids is 1. The van der Waals surface area contributed by atoms with E-state index in [1.54, 1.807) is 0 Å². The molecule has 0 aromatic heterocycles. The van der Waals surface area contributed by atoms with Gasteiger partial charge in [0.25, 0.3) is 0 Å².